The van der Waals surface area contributed by atoms with Crippen LogP contribution in [-0.4, -0.2) is 22.6 Å². The minimum Gasteiger partial charge on any atom is -0.491 e. The van der Waals surface area contributed by atoms with Crippen LogP contribution in [0.3, 0.4) is 0 Å². The van der Waals surface area contributed by atoms with Gasteiger partial charge in [-0.15, -0.1) is 0 Å². The third-order valence-electron chi connectivity index (χ3n) is 5.44. The zero-order valence-corrected chi connectivity index (χ0v) is 17.4. The number of aryl methyl sites for hydroxylation is 1. The fraction of sp³-hybridized carbons (Fsp3) is 0.280. The molecule has 1 saturated carbocycles. The summed E-state index contributed by atoms with van der Waals surface area (Å²) in [6.07, 6.45) is 3.83. The summed E-state index contributed by atoms with van der Waals surface area (Å²) >= 11 is 0. The van der Waals surface area contributed by atoms with Crippen molar-refractivity contribution < 1.29 is 19.0 Å². The van der Waals surface area contributed by atoms with E-state index in [2.05, 4.69) is 10.3 Å². The van der Waals surface area contributed by atoms with Crippen molar-refractivity contribution in [3.8, 4) is 17.0 Å². The fourth-order valence-electron chi connectivity index (χ4n) is 3.31. The molecule has 2 aromatic carbocycles. The molecule has 1 aliphatic carbocycles. The lowest BCUT2D eigenvalue weighted by Gasteiger charge is -2.14. The van der Waals surface area contributed by atoms with Gasteiger partial charge in [0.25, 0.3) is 5.91 Å². The molecule has 0 atom stereocenters. The van der Waals surface area contributed by atoms with E-state index in [9.17, 15) is 14.3 Å². The molecule has 0 radical (unpaired) electrons. The number of aromatic nitrogens is 1. The van der Waals surface area contributed by atoms with Gasteiger partial charge in [-0.05, 0) is 54.5 Å². The van der Waals surface area contributed by atoms with Crippen molar-refractivity contribution in [3.05, 3.63) is 82.8 Å². The number of carbonyl (C=O) groups excluding carboxylic acids is 1. The van der Waals surface area contributed by atoms with Crippen molar-refractivity contribution >= 4 is 5.91 Å². The first-order valence-corrected chi connectivity index (χ1v) is 10.4. The largest absolute Gasteiger partial charge is 0.491 e. The molecule has 1 amide bonds. The Morgan fingerprint density at radius 1 is 1.23 bits per heavy atom. The van der Waals surface area contributed by atoms with Crippen LogP contribution < -0.4 is 10.1 Å². The van der Waals surface area contributed by atoms with E-state index in [4.69, 9.17) is 4.74 Å². The summed E-state index contributed by atoms with van der Waals surface area (Å²) in [7, 11) is 0. The number of hydrogen-bond donors (Lipinski definition) is 2. The van der Waals surface area contributed by atoms with Gasteiger partial charge >= 0.3 is 0 Å². The molecule has 5 nitrogen and oxygen atoms in total. The van der Waals surface area contributed by atoms with Crippen molar-refractivity contribution in [2.24, 2.45) is 5.92 Å². The third kappa shape index (κ3) is 5.09. The predicted octanol–water partition coefficient (Wildman–Crippen LogP) is 4.41. The van der Waals surface area contributed by atoms with Gasteiger partial charge in [-0.25, -0.2) is 4.39 Å². The van der Waals surface area contributed by atoms with Crippen LogP contribution in [0.4, 0.5) is 4.39 Å². The smallest absolute Gasteiger partial charge is 0.255 e. The zero-order chi connectivity index (χ0) is 21.8. The number of aliphatic hydroxyl groups is 1. The van der Waals surface area contributed by atoms with Gasteiger partial charge in [0.05, 0.1) is 30.7 Å². The average Bonchev–Trinajstić information content (AvgIpc) is 3.62. The van der Waals surface area contributed by atoms with Crippen molar-refractivity contribution in [1.29, 1.82) is 0 Å². The Bertz CT molecular complexity index is 1100. The molecule has 1 aromatic heterocycles. The molecule has 1 fully saturated rings. The molecule has 0 saturated heterocycles. The van der Waals surface area contributed by atoms with Gasteiger partial charge in [0.2, 0.25) is 0 Å². The quantitative estimate of drug-likeness (QED) is 0.566. The molecule has 4 rings (SSSR count). The summed E-state index contributed by atoms with van der Waals surface area (Å²) in [5, 5.41) is 12.5. The number of carbonyl (C=O) groups is 1. The van der Waals surface area contributed by atoms with Crippen molar-refractivity contribution in [1.82, 2.24) is 10.3 Å². The zero-order valence-electron chi connectivity index (χ0n) is 17.4. The molecule has 0 aliphatic heterocycles. The summed E-state index contributed by atoms with van der Waals surface area (Å²) in [5.41, 5.74) is 3.67. The highest BCUT2D eigenvalue weighted by molar-refractivity contribution is 5.97. The summed E-state index contributed by atoms with van der Waals surface area (Å²) in [5.74, 6) is 0.329. The Morgan fingerprint density at radius 2 is 2.03 bits per heavy atom. The van der Waals surface area contributed by atoms with E-state index in [1.165, 1.54) is 6.07 Å². The number of pyridine rings is 1. The molecule has 1 aliphatic rings. The lowest BCUT2D eigenvalue weighted by atomic mass is 10.0. The second-order valence-electron chi connectivity index (χ2n) is 7.90. The number of benzene rings is 2. The molecule has 160 valence electrons. The molecule has 0 bridgehead atoms. The van der Waals surface area contributed by atoms with Crippen LogP contribution in [0.25, 0.3) is 11.3 Å². The van der Waals surface area contributed by atoms with E-state index in [0.29, 0.717) is 40.7 Å². The Labute approximate surface area is 180 Å². The normalized spacial score (nSPS) is 13.1. The Balaban J connectivity index is 1.60. The van der Waals surface area contributed by atoms with E-state index < -0.39 is 0 Å². The highest BCUT2D eigenvalue weighted by Crippen LogP contribution is 2.31. The number of nitrogens with one attached hydrogen (secondary N) is 1. The number of amides is 1. The standard InChI is InChI=1S/C25H25FN2O3/c1-16-6-7-18(10-22(16)26)12-28-25(30)21-11-23(20-5-3-2-4-19(20)14-29)27-13-24(21)31-15-17-8-9-17/h2-7,10-11,13,17,29H,8-9,12,14-15H2,1H3,(H,28,30). The van der Waals surface area contributed by atoms with Crippen LogP contribution in [0.2, 0.25) is 0 Å². The third-order valence-corrected chi connectivity index (χ3v) is 5.44. The van der Waals surface area contributed by atoms with Crippen LogP contribution in [0.1, 0.15) is 39.9 Å². The molecular weight excluding hydrogens is 395 g/mol. The number of rotatable bonds is 8. The molecule has 0 unspecified atom stereocenters. The molecule has 6 heteroatoms. The minimum atomic E-state index is -0.322. The topological polar surface area (TPSA) is 71.5 Å². The van der Waals surface area contributed by atoms with Crippen molar-refractivity contribution in [2.45, 2.75) is 32.9 Å². The molecule has 1 heterocycles. The van der Waals surface area contributed by atoms with Gasteiger partial charge in [-0.3, -0.25) is 9.78 Å². The van der Waals surface area contributed by atoms with E-state index in [-0.39, 0.29) is 24.9 Å². The van der Waals surface area contributed by atoms with Crippen LogP contribution in [0, 0.1) is 18.7 Å². The molecule has 0 spiro atoms. The first kappa shape index (κ1) is 21.0. The molecule has 2 N–H and O–H groups in total. The highest BCUT2D eigenvalue weighted by atomic mass is 19.1. The maximum Gasteiger partial charge on any atom is 0.255 e. The van der Waals surface area contributed by atoms with Crippen molar-refractivity contribution in [2.75, 3.05) is 6.61 Å². The van der Waals surface area contributed by atoms with Crippen LogP contribution >= 0.6 is 0 Å². The summed E-state index contributed by atoms with van der Waals surface area (Å²) < 4.78 is 19.7. The number of aliphatic hydroxyl groups excluding tert-OH is 1. The number of nitrogens with zero attached hydrogens (tertiary/aromatic N) is 1. The van der Waals surface area contributed by atoms with Crippen molar-refractivity contribution in [3.63, 3.8) is 0 Å². The number of ether oxygens (including phenoxy) is 1. The summed E-state index contributed by atoms with van der Waals surface area (Å²) in [6, 6.07) is 14.0. The Morgan fingerprint density at radius 3 is 2.77 bits per heavy atom. The van der Waals surface area contributed by atoms with Crippen LogP contribution in [-0.2, 0) is 13.2 Å². The monoisotopic (exact) mass is 420 g/mol. The summed E-state index contributed by atoms with van der Waals surface area (Å²) in [6.45, 7) is 2.32. The highest BCUT2D eigenvalue weighted by Gasteiger charge is 2.24. The van der Waals surface area contributed by atoms with Gasteiger partial charge in [-0.1, -0.05) is 36.4 Å². The summed E-state index contributed by atoms with van der Waals surface area (Å²) in [4.78, 5) is 17.5. The van der Waals surface area contributed by atoms with E-state index in [0.717, 1.165) is 24.0 Å². The Kier molecular flexibility index (Phi) is 6.28. The molecule has 3 aromatic rings. The van der Waals surface area contributed by atoms with Crippen LogP contribution in [0.15, 0.2) is 54.7 Å². The van der Waals surface area contributed by atoms with Gasteiger partial charge in [-0.2, -0.15) is 0 Å². The number of hydrogen-bond acceptors (Lipinski definition) is 4. The lowest BCUT2D eigenvalue weighted by molar-refractivity contribution is 0.0946. The van der Waals surface area contributed by atoms with Gasteiger partial charge in [0, 0.05) is 12.1 Å². The maximum absolute atomic E-state index is 13.8. The van der Waals surface area contributed by atoms with Gasteiger partial charge in [0.15, 0.2) is 0 Å². The SMILES string of the molecule is Cc1ccc(CNC(=O)c2cc(-c3ccccc3CO)ncc2OCC2CC2)cc1F. The second kappa shape index (κ2) is 9.27. The molecular formula is C25H25FN2O3. The predicted molar refractivity (Wildman–Crippen MR) is 116 cm³/mol. The van der Waals surface area contributed by atoms with Crippen LogP contribution in [0.5, 0.6) is 5.75 Å². The first-order valence-electron chi connectivity index (χ1n) is 10.4. The average molecular weight is 420 g/mol. The van der Waals surface area contributed by atoms with Gasteiger partial charge in [0.1, 0.15) is 11.6 Å². The first-order chi connectivity index (χ1) is 15.0. The minimum absolute atomic E-state index is 0.127. The maximum atomic E-state index is 13.8. The lowest BCUT2D eigenvalue weighted by Crippen LogP contribution is -2.24. The molecule has 31 heavy (non-hydrogen) atoms. The number of halogens is 1. The van der Waals surface area contributed by atoms with E-state index in [1.807, 2.05) is 24.3 Å². The Hall–Kier alpha value is -3.25. The second-order valence-corrected chi connectivity index (χ2v) is 7.90. The fourth-order valence-corrected chi connectivity index (χ4v) is 3.31. The van der Waals surface area contributed by atoms with E-state index in [1.54, 1.807) is 31.3 Å². The van der Waals surface area contributed by atoms with Gasteiger partial charge < -0.3 is 15.2 Å². The van der Waals surface area contributed by atoms with E-state index >= 15 is 0 Å².